The third-order valence-electron chi connectivity index (χ3n) is 6.44. The topological polar surface area (TPSA) is 89.2 Å². The molecule has 1 fully saturated rings. The van der Waals surface area contributed by atoms with Crippen molar-refractivity contribution >= 4 is 5.91 Å². The Kier molecular flexibility index (Phi) is 24.7. The van der Waals surface area contributed by atoms with Crippen molar-refractivity contribution in [2.24, 2.45) is 0 Å². The molecule has 1 aliphatic rings. The van der Waals surface area contributed by atoms with Crippen LogP contribution in [0.4, 0.5) is 0 Å². The number of hydrogen-bond acceptors (Lipinski definition) is 6. The van der Waals surface area contributed by atoms with Gasteiger partial charge in [-0.1, -0.05) is 44.9 Å². The quantitative estimate of drug-likeness (QED) is 0.318. The lowest BCUT2D eigenvalue weighted by Crippen LogP contribution is -2.29. The van der Waals surface area contributed by atoms with Gasteiger partial charge < -0.3 is 31.9 Å². The molecule has 1 aliphatic heterocycles. The van der Waals surface area contributed by atoms with Gasteiger partial charge in [0.05, 0.1) is 0 Å². The Morgan fingerprint density at radius 3 is 1.03 bits per heavy atom. The predicted octanol–water partition coefficient (Wildman–Crippen LogP) is 2.92. The second-order valence-electron chi connectivity index (χ2n) is 9.80. The van der Waals surface area contributed by atoms with E-state index >= 15 is 0 Å². The van der Waals surface area contributed by atoms with Crippen molar-refractivity contribution < 1.29 is 4.79 Å². The lowest BCUT2D eigenvalue weighted by atomic mass is 10.1. The van der Waals surface area contributed by atoms with Crippen LogP contribution in [0.15, 0.2) is 0 Å². The minimum atomic E-state index is 0.227. The number of amides is 1. The first kappa shape index (κ1) is 31.3. The van der Waals surface area contributed by atoms with Gasteiger partial charge in [-0.2, -0.15) is 0 Å². The van der Waals surface area contributed by atoms with Gasteiger partial charge in [-0.25, -0.2) is 0 Å². The van der Waals surface area contributed by atoms with Crippen LogP contribution in [0.5, 0.6) is 0 Å². The summed E-state index contributed by atoms with van der Waals surface area (Å²) in [6.07, 6.45) is 18.0. The minimum Gasteiger partial charge on any atom is -0.356 e. The molecule has 0 bridgehead atoms. The highest BCUT2D eigenvalue weighted by molar-refractivity contribution is 5.75. The monoisotopic (exact) mass is 482 g/mol. The van der Waals surface area contributed by atoms with Gasteiger partial charge in [0.1, 0.15) is 0 Å². The summed E-state index contributed by atoms with van der Waals surface area (Å²) >= 11 is 0. The van der Waals surface area contributed by atoms with Crippen molar-refractivity contribution in [3.8, 4) is 0 Å². The first-order chi connectivity index (χ1) is 16.9. The first-order valence-electron chi connectivity index (χ1n) is 14.7. The van der Waals surface area contributed by atoms with E-state index in [1.165, 1.54) is 70.6 Å². The maximum Gasteiger partial charge on any atom is 0.219 e. The Morgan fingerprint density at radius 2 is 0.618 bits per heavy atom. The van der Waals surface area contributed by atoms with E-state index in [-0.39, 0.29) is 5.91 Å². The van der Waals surface area contributed by atoms with Crippen LogP contribution < -0.4 is 31.9 Å². The molecule has 6 N–H and O–H groups in total. The van der Waals surface area contributed by atoms with Crippen LogP contribution >= 0.6 is 0 Å². The summed E-state index contributed by atoms with van der Waals surface area (Å²) in [5, 5.41) is 20.8. The molecule has 0 atom stereocenters. The van der Waals surface area contributed by atoms with Gasteiger partial charge in [-0.3, -0.25) is 4.79 Å². The Hall–Kier alpha value is -0.730. The lowest BCUT2D eigenvalue weighted by Gasteiger charge is -2.09. The maximum atomic E-state index is 11.9. The molecule has 34 heavy (non-hydrogen) atoms. The zero-order chi connectivity index (χ0) is 24.2. The minimum absolute atomic E-state index is 0.227. The number of nitrogens with one attached hydrogen (secondary N) is 6. The highest BCUT2D eigenvalue weighted by atomic mass is 16.1. The molecule has 1 saturated heterocycles. The van der Waals surface area contributed by atoms with Crippen LogP contribution in [-0.2, 0) is 4.79 Å². The van der Waals surface area contributed by atoms with Gasteiger partial charge in [-0.15, -0.1) is 0 Å². The highest BCUT2D eigenvalue weighted by Crippen LogP contribution is 2.10. The highest BCUT2D eigenvalue weighted by Gasteiger charge is 2.01. The summed E-state index contributed by atoms with van der Waals surface area (Å²) < 4.78 is 0. The van der Waals surface area contributed by atoms with E-state index in [1.54, 1.807) is 0 Å². The normalized spacial score (nSPS) is 23.5. The molecule has 0 aliphatic carbocycles. The van der Waals surface area contributed by atoms with E-state index in [4.69, 9.17) is 0 Å². The smallest absolute Gasteiger partial charge is 0.219 e. The summed E-state index contributed by atoms with van der Waals surface area (Å²) in [5.74, 6) is 0.227. The van der Waals surface area contributed by atoms with Crippen LogP contribution in [-0.4, -0.2) is 77.9 Å². The van der Waals surface area contributed by atoms with Gasteiger partial charge in [0.25, 0.3) is 0 Å². The average molecular weight is 483 g/mol. The first-order valence-corrected chi connectivity index (χ1v) is 14.7. The number of carbonyl (C=O) groups is 1. The lowest BCUT2D eigenvalue weighted by molar-refractivity contribution is -0.121. The van der Waals surface area contributed by atoms with Crippen molar-refractivity contribution in [2.45, 2.75) is 96.3 Å². The largest absolute Gasteiger partial charge is 0.356 e. The average Bonchev–Trinajstić information content (AvgIpc) is 2.84. The standard InChI is InChI=1S/C27H58N6O/c34-27-15-8-6-4-2-1-3-5-7-9-16-28-17-10-18-29-19-11-20-30-21-12-22-31-23-13-24-32-25-14-26-33-27/h28-32H,1-26H2,(H,33,34). The molecule has 1 rings (SSSR count). The van der Waals surface area contributed by atoms with E-state index in [1.807, 2.05) is 0 Å². The molecule has 0 aromatic carbocycles. The van der Waals surface area contributed by atoms with E-state index in [9.17, 15) is 4.79 Å². The van der Waals surface area contributed by atoms with Crippen molar-refractivity contribution in [3.63, 3.8) is 0 Å². The van der Waals surface area contributed by atoms with Gasteiger partial charge >= 0.3 is 0 Å². The molecule has 1 amide bonds. The molecule has 0 radical (unpaired) electrons. The summed E-state index contributed by atoms with van der Waals surface area (Å²) in [6, 6.07) is 0. The molecule has 0 saturated carbocycles. The van der Waals surface area contributed by atoms with Gasteiger partial charge in [0.15, 0.2) is 0 Å². The molecule has 0 unspecified atom stereocenters. The molecule has 202 valence electrons. The molecule has 1 heterocycles. The van der Waals surface area contributed by atoms with E-state index in [2.05, 4.69) is 31.9 Å². The summed E-state index contributed by atoms with van der Waals surface area (Å²) in [5.41, 5.74) is 0. The van der Waals surface area contributed by atoms with Crippen molar-refractivity contribution in [2.75, 3.05) is 72.0 Å². The van der Waals surface area contributed by atoms with Crippen LogP contribution in [0, 0.1) is 0 Å². The Balaban J connectivity index is 2.06. The summed E-state index contributed by atoms with van der Waals surface area (Å²) in [4.78, 5) is 11.9. The molecule has 0 spiro atoms. The maximum absolute atomic E-state index is 11.9. The number of rotatable bonds is 0. The number of hydrogen-bond donors (Lipinski definition) is 6. The van der Waals surface area contributed by atoms with Crippen molar-refractivity contribution in [1.29, 1.82) is 0 Å². The number of carbonyl (C=O) groups excluding carboxylic acids is 1. The Morgan fingerprint density at radius 1 is 0.324 bits per heavy atom. The molecule has 0 aromatic heterocycles. The van der Waals surface area contributed by atoms with Crippen LogP contribution in [0.25, 0.3) is 0 Å². The Labute approximate surface area is 211 Å². The third-order valence-corrected chi connectivity index (χ3v) is 6.44. The van der Waals surface area contributed by atoms with Crippen molar-refractivity contribution in [3.05, 3.63) is 0 Å². The third kappa shape index (κ3) is 24.4. The van der Waals surface area contributed by atoms with Gasteiger partial charge in [-0.05, 0) is 110 Å². The fourth-order valence-corrected chi connectivity index (χ4v) is 4.28. The second kappa shape index (κ2) is 26.9. The zero-order valence-electron chi connectivity index (χ0n) is 22.3. The molecule has 0 aromatic rings. The molecule has 7 heteroatoms. The zero-order valence-corrected chi connectivity index (χ0v) is 22.3. The van der Waals surface area contributed by atoms with Crippen molar-refractivity contribution in [1.82, 2.24) is 31.9 Å². The second-order valence-corrected chi connectivity index (χ2v) is 9.80. The van der Waals surface area contributed by atoms with E-state index in [0.717, 1.165) is 91.3 Å². The summed E-state index contributed by atoms with van der Waals surface area (Å²) in [7, 11) is 0. The van der Waals surface area contributed by atoms with Crippen LogP contribution in [0.3, 0.4) is 0 Å². The SMILES string of the molecule is O=C1CCCCCCCCCCCNCCCNCCCNCCCNCCCNCCCN1. The van der Waals surface area contributed by atoms with Gasteiger partial charge in [0, 0.05) is 13.0 Å². The van der Waals surface area contributed by atoms with E-state index < -0.39 is 0 Å². The van der Waals surface area contributed by atoms with Crippen LogP contribution in [0.2, 0.25) is 0 Å². The van der Waals surface area contributed by atoms with Crippen LogP contribution in [0.1, 0.15) is 96.3 Å². The van der Waals surface area contributed by atoms with Gasteiger partial charge in [0.2, 0.25) is 5.91 Å². The fourth-order valence-electron chi connectivity index (χ4n) is 4.28. The fraction of sp³-hybridized carbons (Fsp3) is 0.963. The summed E-state index contributed by atoms with van der Waals surface area (Å²) in [6.45, 7) is 11.7. The Bertz CT molecular complexity index is 388. The van der Waals surface area contributed by atoms with E-state index in [0.29, 0.717) is 6.42 Å². The molecular weight excluding hydrogens is 424 g/mol. The predicted molar refractivity (Wildman–Crippen MR) is 147 cm³/mol. The molecular formula is C27H58N6O. The molecule has 7 nitrogen and oxygen atoms in total.